The minimum Gasteiger partial charge on any atom is -0.393 e. The van der Waals surface area contributed by atoms with Crippen LogP contribution >= 0.6 is 15.9 Å². The van der Waals surface area contributed by atoms with Gasteiger partial charge in [0.05, 0.1) is 6.42 Å². The first kappa shape index (κ1) is 13.9. The molecule has 0 radical (unpaired) electrons. The average Bonchev–Trinajstić information content (AvgIpc) is 2.29. The van der Waals surface area contributed by atoms with Crippen LogP contribution in [0, 0.1) is 0 Å². The molecule has 0 fully saturated rings. The Bertz CT molecular complexity index is 401. The summed E-state index contributed by atoms with van der Waals surface area (Å²) in [6, 6.07) is 7.38. The highest BCUT2D eigenvalue weighted by Gasteiger charge is 2.12. The van der Waals surface area contributed by atoms with E-state index in [9.17, 15) is 9.59 Å². The number of ether oxygens (including phenoxy) is 1. The number of hydrogen-bond acceptors (Lipinski definition) is 3. The Kier molecular flexibility index (Phi) is 5.91. The normalized spacial score (nSPS) is 10.0. The fourth-order valence-electron chi connectivity index (χ4n) is 1.33. The highest BCUT2D eigenvalue weighted by atomic mass is 79.9. The molecular weight excluding hydrogens is 284 g/mol. The zero-order valence-electron chi connectivity index (χ0n) is 9.74. The molecule has 1 aromatic rings. The maximum absolute atomic E-state index is 11.5. The first-order valence-corrected chi connectivity index (χ1v) is 6.39. The van der Waals surface area contributed by atoms with Crippen molar-refractivity contribution < 1.29 is 14.3 Å². The van der Waals surface area contributed by atoms with Crippen molar-refractivity contribution in [3.63, 3.8) is 0 Å². The summed E-state index contributed by atoms with van der Waals surface area (Å²) in [7, 11) is 0. The third-order valence-corrected chi connectivity index (χ3v) is 3.03. The maximum atomic E-state index is 11.5. The van der Waals surface area contributed by atoms with Gasteiger partial charge in [-0.15, -0.1) is 0 Å². The Balaban J connectivity index is 2.45. The molecule has 0 spiro atoms. The molecule has 0 atom stereocenters. The molecule has 0 unspecified atom stereocenters. The van der Waals surface area contributed by atoms with Crippen LogP contribution in [0.2, 0.25) is 0 Å². The van der Waals surface area contributed by atoms with Crippen molar-refractivity contribution in [1.29, 1.82) is 0 Å². The Labute approximate surface area is 109 Å². The molecule has 0 amide bonds. The lowest BCUT2D eigenvalue weighted by Gasteiger charge is -2.04. The third kappa shape index (κ3) is 5.13. The van der Waals surface area contributed by atoms with E-state index in [-0.39, 0.29) is 6.42 Å². The molecule has 17 heavy (non-hydrogen) atoms. The van der Waals surface area contributed by atoms with Gasteiger partial charge in [-0.1, -0.05) is 47.5 Å². The van der Waals surface area contributed by atoms with Gasteiger partial charge < -0.3 is 4.74 Å². The summed E-state index contributed by atoms with van der Waals surface area (Å²) in [5.41, 5.74) is 0.820. The van der Waals surface area contributed by atoms with Crippen molar-refractivity contribution in [2.45, 2.75) is 32.6 Å². The van der Waals surface area contributed by atoms with Gasteiger partial charge in [0.15, 0.2) is 0 Å². The van der Waals surface area contributed by atoms with E-state index in [0.717, 1.165) is 22.9 Å². The molecule has 0 saturated heterocycles. The molecular formula is C13H15BrO3. The van der Waals surface area contributed by atoms with Gasteiger partial charge in [0, 0.05) is 10.9 Å². The van der Waals surface area contributed by atoms with Crippen molar-refractivity contribution in [2.75, 3.05) is 0 Å². The van der Waals surface area contributed by atoms with Crippen molar-refractivity contribution in [3.8, 4) is 0 Å². The van der Waals surface area contributed by atoms with Crippen LogP contribution in [-0.2, 0) is 20.7 Å². The Morgan fingerprint density at radius 1 is 1.24 bits per heavy atom. The zero-order valence-corrected chi connectivity index (χ0v) is 11.3. The predicted octanol–water partition coefficient (Wildman–Crippen LogP) is 3.25. The van der Waals surface area contributed by atoms with Gasteiger partial charge in [-0.3, -0.25) is 9.59 Å². The van der Waals surface area contributed by atoms with Gasteiger partial charge in [-0.25, -0.2) is 0 Å². The van der Waals surface area contributed by atoms with Crippen LogP contribution in [0.5, 0.6) is 0 Å². The summed E-state index contributed by atoms with van der Waals surface area (Å²) in [5.74, 6) is -0.943. The standard InChI is InChI=1S/C13H15BrO3/c1-2-3-8-12(15)17-13(16)9-10-6-4-5-7-11(10)14/h4-7H,2-3,8-9H2,1H3. The van der Waals surface area contributed by atoms with E-state index in [1.807, 2.05) is 31.2 Å². The Morgan fingerprint density at radius 3 is 2.59 bits per heavy atom. The lowest BCUT2D eigenvalue weighted by atomic mass is 10.1. The maximum Gasteiger partial charge on any atom is 0.317 e. The third-order valence-electron chi connectivity index (χ3n) is 2.25. The van der Waals surface area contributed by atoms with Gasteiger partial charge in [-0.05, 0) is 18.1 Å². The number of halogens is 1. The topological polar surface area (TPSA) is 43.4 Å². The summed E-state index contributed by atoms with van der Waals surface area (Å²) >= 11 is 3.34. The molecule has 0 aliphatic heterocycles. The highest BCUT2D eigenvalue weighted by molar-refractivity contribution is 9.10. The van der Waals surface area contributed by atoms with Gasteiger partial charge in [0.2, 0.25) is 0 Å². The molecule has 0 aromatic heterocycles. The molecule has 0 aliphatic carbocycles. The van der Waals surface area contributed by atoms with E-state index in [4.69, 9.17) is 4.74 Å². The second-order valence-corrected chi connectivity index (χ2v) is 4.57. The quantitative estimate of drug-likeness (QED) is 0.619. The Morgan fingerprint density at radius 2 is 1.94 bits per heavy atom. The summed E-state index contributed by atoms with van der Waals surface area (Å²) < 4.78 is 5.56. The van der Waals surface area contributed by atoms with Gasteiger partial charge in [0.1, 0.15) is 0 Å². The molecule has 1 rings (SSSR count). The fourth-order valence-corrected chi connectivity index (χ4v) is 1.76. The lowest BCUT2D eigenvalue weighted by molar-refractivity contribution is -0.159. The smallest absolute Gasteiger partial charge is 0.317 e. The summed E-state index contributed by atoms with van der Waals surface area (Å²) in [5, 5.41) is 0. The van der Waals surface area contributed by atoms with E-state index in [2.05, 4.69) is 15.9 Å². The number of hydrogen-bond donors (Lipinski definition) is 0. The number of carbonyl (C=O) groups is 2. The summed E-state index contributed by atoms with van der Waals surface area (Å²) in [6.45, 7) is 1.98. The van der Waals surface area contributed by atoms with Gasteiger partial charge in [-0.2, -0.15) is 0 Å². The van der Waals surface area contributed by atoms with E-state index in [1.54, 1.807) is 0 Å². The first-order chi connectivity index (χ1) is 8.13. The lowest BCUT2D eigenvalue weighted by Crippen LogP contribution is -2.14. The van der Waals surface area contributed by atoms with E-state index in [1.165, 1.54) is 0 Å². The molecule has 3 nitrogen and oxygen atoms in total. The monoisotopic (exact) mass is 298 g/mol. The van der Waals surface area contributed by atoms with Gasteiger partial charge in [0.25, 0.3) is 0 Å². The van der Waals surface area contributed by atoms with Crippen LogP contribution < -0.4 is 0 Å². The molecule has 4 heteroatoms. The SMILES string of the molecule is CCCCC(=O)OC(=O)Cc1ccccc1Br. The van der Waals surface area contributed by atoms with E-state index < -0.39 is 11.9 Å². The molecule has 0 bridgehead atoms. The van der Waals surface area contributed by atoms with E-state index in [0.29, 0.717) is 6.42 Å². The van der Waals surface area contributed by atoms with Crippen LogP contribution in [0.1, 0.15) is 31.7 Å². The number of benzene rings is 1. The second-order valence-electron chi connectivity index (χ2n) is 3.72. The van der Waals surface area contributed by atoms with Crippen LogP contribution in [0.4, 0.5) is 0 Å². The number of unbranched alkanes of at least 4 members (excludes halogenated alkanes) is 1. The highest BCUT2D eigenvalue weighted by Crippen LogP contribution is 2.16. The summed E-state index contributed by atoms with van der Waals surface area (Å²) in [6.07, 6.45) is 2.08. The molecule has 0 aliphatic rings. The molecule has 0 N–H and O–H groups in total. The van der Waals surface area contributed by atoms with Crippen LogP contribution in [0.25, 0.3) is 0 Å². The van der Waals surface area contributed by atoms with Gasteiger partial charge >= 0.3 is 11.9 Å². The zero-order chi connectivity index (χ0) is 12.7. The average molecular weight is 299 g/mol. The predicted molar refractivity (Wildman–Crippen MR) is 68.5 cm³/mol. The van der Waals surface area contributed by atoms with Crippen LogP contribution in [-0.4, -0.2) is 11.9 Å². The second kappa shape index (κ2) is 7.22. The molecule has 0 saturated carbocycles. The van der Waals surface area contributed by atoms with Crippen molar-refractivity contribution in [2.24, 2.45) is 0 Å². The van der Waals surface area contributed by atoms with Crippen molar-refractivity contribution >= 4 is 27.9 Å². The first-order valence-electron chi connectivity index (χ1n) is 5.60. The minimum atomic E-state index is -0.502. The molecule has 1 aromatic carbocycles. The minimum absolute atomic E-state index is 0.110. The summed E-state index contributed by atoms with van der Waals surface area (Å²) in [4.78, 5) is 22.7. The fraction of sp³-hybridized carbons (Fsp3) is 0.385. The Hall–Kier alpha value is -1.16. The van der Waals surface area contributed by atoms with Crippen LogP contribution in [0.3, 0.4) is 0 Å². The van der Waals surface area contributed by atoms with Crippen molar-refractivity contribution in [1.82, 2.24) is 0 Å². The van der Waals surface area contributed by atoms with Crippen LogP contribution in [0.15, 0.2) is 28.7 Å². The number of rotatable bonds is 5. The molecule has 0 heterocycles. The van der Waals surface area contributed by atoms with Crippen molar-refractivity contribution in [3.05, 3.63) is 34.3 Å². The number of carbonyl (C=O) groups excluding carboxylic acids is 2. The molecule has 92 valence electrons. The largest absolute Gasteiger partial charge is 0.393 e. The van der Waals surface area contributed by atoms with E-state index >= 15 is 0 Å². The number of esters is 2.